The van der Waals surface area contributed by atoms with Crippen molar-refractivity contribution in [3.8, 4) is 0 Å². The molecule has 3 atom stereocenters. The molecule has 0 aromatic carbocycles. The third kappa shape index (κ3) is 4.04. The van der Waals surface area contributed by atoms with Crippen molar-refractivity contribution in [3.63, 3.8) is 0 Å². The maximum Gasteiger partial charge on any atom is 0.0580 e. The van der Waals surface area contributed by atoms with Crippen LogP contribution in [-0.4, -0.2) is 51.5 Å². The Hall–Kier alpha value is 0.0700. The van der Waals surface area contributed by atoms with Gasteiger partial charge in [-0.2, -0.15) is 0 Å². The second-order valence-electron chi connectivity index (χ2n) is 5.94. The van der Waals surface area contributed by atoms with Crippen LogP contribution in [-0.2, 0) is 10.8 Å². The first kappa shape index (κ1) is 14.5. The standard InChI is InChI=1S/C14H27NO2S/c1-2-3-12-4-5-14(16)13(10-12)11-15-6-8-18(17)9-7-15/h12-14,16H,2-11H2,1H3. The van der Waals surface area contributed by atoms with Crippen LogP contribution in [0.15, 0.2) is 0 Å². The van der Waals surface area contributed by atoms with Gasteiger partial charge in [0.25, 0.3) is 0 Å². The van der Waals surface area contributed by atoms with Crippen molar-refractivity contribution >= 4 is 10.8 Å². The molecule has 3 unspecified atom stereocenters. The zero-order valence-corrected chi connectivity index (χ0v) is 12.3. The molecule has 2 fully saturated rings. The Morgan fingerprint density at radius 3 is 2.67 bits per heavy atom. The Labute approximate surface area is 113 Å². The van der Waals surface area contributed by atoms with Gasteiger partial charge < -0.3 is 10.0 Å². The van der Waals surface area contributed by atoms with Gasteiger partial charge in [-0.25, -0.2) is 0 Å². The molecule has 0 aromatic heterocycles. The van der Waals surface area contributed by atoms with Crippen molar-refractivity contribution < 1.29 is 9.32 Å². The van der Waals surface area contributed by atoms with E-state index in [1.165, 1.54) is 25.7 Å². The maximum atomic E-state index is 11.3. The van der Waals surface area contributed by atoms with E-state index in [1.807, 2.05) is 0 Å². The molecule has 2 aliphatic rings. The molecule has 3 nitrogen and oxygen atoms in total. The molecule has 1 saturated heterocycles. The van der Waals surface area contributed by atoms with E-state index in [0.29, 0.717) is 5.92 Å². The van der Waals surface area contributed by atoms with Crippen LogP contribution in [0.3, 0.4) is 0 Å². The fourth-order valence-electron chi connectivity index (χ4n) is 3.40. The highest BCUT2D eigenvalue weighted by molar-refractivity contribution is 7.85. The van der Waals surface area contributed by atoms with Crippen LogP contribution in [0.5, 0.6) is 0 Å². The summed E-state index contributed by atoms with van der Waals surface area (Å²) in [5, 5.41) is 10.2. The average molecular weight is 273 g/mol. The van der Waals surface area contributed by atoms with Gasteiger partial charge in [-0.1, -0.05) is 19.8 Å². The van der Waals surface area contributed by atoms with E-state index < -0.39 is 10.8 Å². The second-order valence-corrected chi connectivity index (χ2v) is 7.64. The third-order valence-corrected chi connectivity index (χ3v) is 5.79. The van der Waals surface area contributed by atoms with Crippen molar-refractivity contribution in [1.82, 2.24) is 4.90 Å². The highest BCUT2D eigenvalue weighted by Crippen LogP contribution is 2.32. The van der Waals surface area contributed by atoms with Gasteiger partial charge in [0.05, 0.1) is 6.10 Å². The molecule has 0 spiro atoms. The minimum absolute atomic E-state index is 0.106. The summed E-state index contributed by atoms with van der Waals surface area (Å²) in [5.74, 6) is 2.91. The minimum Gasteiger partial charge on any atom is -0.393 e. The van der Waals surface area contributed by atoms with Gasteiger partial charge in [-0.15, -0.1) is 0 Å². The lowest BCUT2D eigenvalue weighted by Crippen LogP contribution is -2.44. The molecule has 18 heavy (non-hydrogen) atoms. The Kier molecular flexibility index (Phi) is 5.64. The normalized spacial score (nSPS) is 35.8. The lowest BCUT2D eigenvalue weighted by atomic mass is 9.77. The van der Waals surface area contributed by atoms with Crippen LogP contribution >= 0.6 is 0 Å². The molecule has 106 valence electrons. The molecule has 1 aliphatic carbocycles. The van der Waals surface area contributed by atoms with E-state index in [0.717, 1.165) is 43.5 Å². The van der Waals surface area contributed by atoms with Crippen molar-refractivity contribution in [2.45, 2.75) is 45.1 Å². The zero-order valence-electron chi connectivity index (χ0n) is 11.5. The molecular weight excluding hydrogens is 246 g/mol. The lowest BCUT2D eigenvalue weighted by molar-refractivity contribution is 0.0273. The Morgan fingerprint density at radius 1 is 1.28 bits per heavy atom. The maximum absolute atomic E-state index is 11.3. The van der Waals surface area contributed by atoms with Gasteiger partial charge in [0, 0.05) is 41.9 Å². The van der Waals surface area contributed by atoms with Gasteiger partial charge in [0.15, 0.2) is 0 Å². The topological polar surface area (TPSA) is 40.5 Å². The highest BCUT2D eigenvalue weighted by atomic mass is 32.2. The molecule has 2 rings (SSSR count). The van der Waals surface area contributed by atoms with Crippen molar-refractivity contribution in [3.05, 3.63) is 0 Å². The first-order valence-electron chi connectivity index (χ1n) is 7.44. The predicted molar refractivity (Wildman–Crippen MR) is 76.1 cm³/mol. The number of hydrogen-bond donors (Lipinski definition) is 1. The molecular formula is C14H27NO2S. The predicted octanol–water partition coefficient (Wildman–Crippen LogP) is 1.63. The smallest absolute Gasteiger partial charge is 0.0580 e. The first-order valence-corrected chi connectivity index (χ1v) is 8.93. The Bertz CT molecular complexity index is 275. The molecule has 4 heteroatoms. The molecule has 1 heterocycles. The molecule has 1 N–H and O–H groups in total. The molecule has 0 aromatic rings. The van der Waals surface area contributed by atoms with E-state index >= 15 is 0 Å². The van der Waals surface area contributed by atoms with E-state index in [4.69, 9.17) is 0 Å². The van der Waals surface area contributed by atoms with E-state index in [1.54, 1.807) is 0 Å². The third-order valence-electron chi connectivity index (χ3n) is 4.51. The number of aliphatic hydroxyl groups excluding tert-OH is 1. The summed E-state index contributed by atoms with van der Waals surface area (Å²) in [5.41, 5.74) is 0. The number of nitrogens with zero attached hydrogens (tertiary/aromatic N) is 1. The molecule has 0 amide bonds. The van der Waals surface area contributed by atoms with Crippen molar-refractivity contribution in [1.29, 1.82) is 0 Å². The summed E-state index contributed by atoms with van der Waals surface area (Å²) < 4.78 is 11.3. The summed E-state index contributed by atoms with van der Waals surface area (Å²) in [7, 11) is -0.590. The van der Waals surface area contributed by atoms with Crippen LogP contribution in [0.25, 0.3) is 0 Å². The van der Waals surface area contributed by atoms with Crippen LogP contribution < -0.4 is 0 Å². The van der Waals surface area contributed by atoms with Crippen LogP contribution in [0.2, 0.25) is 0 Å². The first-order chi connectivity index (χ1) is 8.69. The lowest BCUT2D eigenvalue weighted by Gasteiger charge is -2.37. The summed E-state index contributed by atoms with van der Waals surface area (Å²) in [6.07, 6.45) is 5.84. The van der Waals surface area contributed by atoms with Gasteiger partial charge in [-0.05, 0) is 31.1 Å². The molecule has 1 saturated carbocycles. The summed E-state index contributed by atoms with van der Waals surface area (Å²) in [6, 6.07) is 0. The highest BCUT2D eigenvalue weighted by Gasteiger charge is 2.30. The molecule has 0 bridgehead atoms. The van der Waals surface area contributed by atoms with E-state index in [9.17, 15) is 9.32 Å². The van der Waals surface area contributed by atoms with Crippen molar-refractivity contribution in [2.24, 2.45) is 11.8 Å². The fraction of sp³-hybridized carbons (Fsp3) is 1.00. The van der Waals surface area contributed by atoms with E-state index in [2.05, 4.69) is 11.8 Å². The number of aliphatic hydroxyl groups is 1. The van der Waals surface area contributed by atoms with E-state index in [-0.39, 0.29) is 6.10 Å². The van der Waals surface area contributed by atoms with Gasteiger partial charge in [-0.3, -0.25) is 4.21 Å². The zero-order chi connectivity index (χ0) is 13.0. The number of hydrogen-bond acceptors (Lipinski definition) is 3. The SMILES string of the molecule is CCCC1CCC(O)C(CN2CCS(=O)CC2)C1. The molecule has 1 aliphatic heterocycles. The van der Waals surface area contributed by atoms with Gasteiger partial charge in [0.1, 0.15) is 0 Å². The Morgan fingerprint density at radius 2 is 2.00 bits per heavy atom. The Balaban J connectivity index is 1.80. The van der Waals surface area contributed by atoms with Crippen LogP contribution in [0, 0.1) is 11.8 Å². The fourth-order valence-corrected chi connectivity index (χ4v) is 4.53. The van der Waals surface area contributed by atoms with Crippen LogP contribution in [0.1, 0.15) is 39.0 Å². The summed E-state index contributed by atoms with van der Waals surface area (Å²) >= 11 is 0. The van der Waals surface area contributed by atoms with Gasteiger partial charge >= 0.3 is 0 Å². The minimum atomic E-state index is -0.590. The number of rotatable bonds is 4. The van der Waals surface area contributed by atoms with Gasteiger partial charge in [0.2, 0.25) is 0 Å². The summed E-state index contributed by atoms with van der Waals surface area (Å²) in [6.45, 7) is 5.17. The summed E-state index contributed by atoms with van der Waals surface area (Å²) in [4.78, 5) is 2.41. The van der Waals surface area contributed by atoms with Crippen molar-refractivity contribution in [2.75, 3.05) is 31.1 Å². The second kappa shape index (κ2) is 7.01. The monoisotopic (exact) mass is 273 g/mol. The van der Waals surface area contributed by atoms with Crippen LogP contribution in [0.4, 0.5) is 0 Å². The largest absolute Gasteiger partial charge is 0.393 e. The quantitative estimate of drug-likeness (QED) is 0.846. The molecule has 0 radical (unpaired) electrons. The average Bonchev–Trinajstić information content (AvgIpc) is 2.36.